The van der Waals surface area contributed by atoms with E-state index >= 15 is 0 Å². The summed E-state index contributed by atoms with van der Waals surface area (Å²) in [4.78, 5) is 14.9. The highest BCUT2D eigenvalue weighted by Gasteiger charge is 2.30. The van der Waals surface area contributed by atoms with E-state index in [0.717, 1.165) is 36.0 Å². The largest absolute Gasteiger partial charge is 0.489 e. The van der Waals surface area contributed by atoms with Crippen LogP contribution in [0.4, 0.5) is 0 Å². The van der Waals surface area contributed by atoms with Crippen molar-refractivity contribution in [2.24, 2.45) is 0 Å². The summed E-state index contributed by atoms with van der Waals surface area (Å²) in [5.41, 5.74) is 0.571. The number of ether oxygens (including phenoxy) is 1. The van der Waals surface area contributed by atoms with Crippen LogP contribution in [0.3, 0.4) is 0 Å². The Morgan fingerprint density at radius 1 is 0.943 bits per heavy atom. The van der Waals surface area contributed by atoms with Gasteiger partial charge in [-0.05, 0) is 72.3 Å². The van der Waals surface area contributed by atoms with Gasteiger partial charge in [0.15, 0.2) is 0 Å². The molecule has 2 heterocycles. The van der Waals surface area contributed by atoms with E-state index in [1.807, 2.05) is 24.3 Å². The third-order valence-electron chi connectivity index (χ3n) is 6.36. The molecular formula is C25H27Cl2N3O4S. The maximum atomic E-state index is 13.2. The molecule has 2 saturated heterocycles. The fourth-order valence-electron chi connectivity index (χ4n) is 4.42. The van der Waals surface area contributed by atoms with Crippen LogP contribution >= 0.6 is 24.0 Å². The van der Waals surface area contributed by atoms with Gasteiger partial charge < -0.3 is 15.0 Å². The monoisotopic (exact) mass is 535 g/mol. The van der Waals surface area contributed by atoms with E-state index in [0.29, 0.717) is 23.7 Å². The summed E-state index contributed by atoms with van der Waals surface area (Å²) in [5.74, 6) is 0.646. The third kappa shape index (κ3) is 5.57. The molecule has 2 aliphatic rings. The van der Waals surface area contributed by atoms with Gasteiger partial charge in [-0.1, -0.05) is 23.7 Å². The molecule has 1 amide bonds. The van der Waals surface area contributed by atoms with Crippen LogP contribution in [0.5, 0.6) is 5.75 Å². The van der Waals surface area contributed by atoms with Crippen molar-refractivity contribution in [2.45, 2.75) is 17.4 Å². The van der Waals surface area contributed by atoms with Gasteiger partial charge in [-0.15, -0.1) is 12.4 Å². The molecule has 1 N–H and O–H groups in total. The Kier molecular flexibility index (Phi) is 7.88. The van der Waals surface area contributed by atoms with Gasteiger partial charge in [0.25, 0.3) is 5.91 Å². The Bertz CT molecular complexity index is 1300. The van der Waals surface area contributed by atoms with Crippen molar-refractivity contribution in [1.29, 1.82) is 0 Å². The molecule has 0 radical (unpaired) electrons. The molecule has 35 heavy (non-hydrogen) atoms. The fourth-order valence-corrected chi connectivity index (χ4v) is 6.05. The number of benzene rings is 3. The van der Waals surface area contributed by atoms with Crippen molar-refractivity contribution in [1.82, 2.24) is 14.5 Å². The van der Waals surface area contributed by atoms with Gasteiger partial charge in [-0.3, -0.25) is 4.79 Å². The quantitative estimate of drug-likeness (QED) is 0.537. The van der Waals surface area contributed by atoms with Gasteiger partial charge >= 0.3 is 0 Å². The molecule has 3 aromatic carbocycles. The van der Waals surface area contributed by atoms with E-state index < -0.39 is 10.0 Å². The maximum absolute atomic E-state index is 13.2. The number of piperazine rings is 1. The number of hydrogen-bond acceptors (Lipinski definition) is 5. The number of carbonyl (C=O) groups is 1. The van der Waals surface area contributed by atoms with E-state index in [9.17, 15) is 13.2 Å². The highest BCUT2D eigenvalue weighted by Crippen LogP contribution is 2.25. The Morgan fingerprint density at radius 2 is 1.63 bits per heavy atom. The molecule has 0 unspecified atom stereocenters. The van der Waals surface area contributed by atoms with Crippen LogP contribution in [0, 0.1) is 0 Å². The van der Waals surface area contributed by atoms with Crippen LogP contribution < -0.4 is 10.1 Å². The normalized spacial score (nSPS) is 18.9. The van der Waals surface area contributed by atoms with Gasteiger partial charge in [0.05, 0.1) is 4.90 Å². The first-order valence-corrected chi connectivity index (χ1v) is 13.2. The number of amides is 1. The number of fused-ring (bicyclic) bond motifs is 1. The summed E-state index contributed by atoms with van der Waals surface area (Å²) in [5, 5.41) is 5.57. The maximum Gasteiger partial charge on any atom is 0.253 e. The summed E-state index contributed by atoms with van der Waals surface area (Å²) in [6.45, 7) is 2.98. The second-order valence-electron chi connectivity index (χ2n) is 8.61. The smallest absolute Gasteiger partial charge is 0.253 e. The lowest BCUT2D eigenvalue weighted by Crippen LogP contribution is -2.50. The molecule has 10 heteroatoms. The van der Waals surface area contributed by atoms with Crippen LogP contribution in [0.15, 0.2) is 65.6 Å². The van der Waals surface area contributed by atoms with Gasteiger partial charge in [-0.2, -0.15) is 4.31 Å². The van der Waals surface area contributed by atoms with Crippen LogP contribution in [0.1, 0.15) is 16.8 Å². The standard InChI is InChI=1S/C25H26ClN3O4S.ClH/c26-21-5-1-20-16-24(8-4-19(20)15-21)34(31,32)29-13-11-28(12-14-29)25(30)18-2-6-22(7-3-18)33-23-9-10-27-17-23;/h1-8,15-16,23,27H,9-14,17H2;1H/t23-;/m0./s1. The van der Waals surface area contributed by atoms with E-state index in [1.165, 1.54) is 4.31 Å². The molecule has 7 nitrogen and oxygen atoms in total. The average Bonchev–Trinajstić information content (AvgIpc) is 3.37. The van der Waals surface area contributed by atoms with Crippen molar-refractivity contribution >= 4 is 50.7 Å². The van der Waals surface area contributed by atoms with E-state index in [-0.39, 0.29) is 42.4 Å². The topological polar surface area (TPSA) is 79.0 Å². The minimum atomic E-state index is -3.65. The fraction of sp³-hybridized carbons (Fsp3) is 0.320. The lowest BCUT2D eigenvalue weighted by molar-refractivity contribution is 0.0698. The first-order chi connectivity index (χ1) is 16.4. The highest BCUT2D eigenvalue weighted by molar-refractivity contribution is 7.89. The minimum Gasteiger partial charge on any atom is -0.489 e. The molecule has 3 aromatic rings. The van der Waals surface area contributed by atoms with Crippen LogP contribution in [-0.4, -0.2) is 68.9 Å². The molecule has 5 rings (SSSR count). The number of rotatable bonds is 5. The predicted molar refractivity (Wildman–Crippen MR) is 139 cm³/mol. The van der Waals surface area contributed by atoms with E-state index in [4.69, 9.17) is 16.3 Å². The molecule has 2 aliphatic heterocycles. The molecule has 0 spiro atoms. The Balaban J connectivity index is 0.00000289. The average molecular weight is 536 g/mol. The lowest BCUT2D eigenvalue weighted by Gasteiger charge is -2.34. The van der Waals surface area contributed by atoms with Crippen LogP contribution in [0.25, 0.3) is 10.8 Å². The van der Waals surface area contributed by atoms with Crippen molar-refractivity contribution < 1.29 is 17.9 Å². The predicted octanol–water partition coefficient (Wildman–Crippen LogP) is 3.80. The van der Waals surface area contributed by atoms with Gasteiger partial charge in [-0.25, -0.2) is 8.42 Å². The molecule has 186 valence electrons. The van der Waals surface area contributed by atoms with E-state index in [2.05, 4.69) is 5.32 Å². The Labute approximate surface area is 216 Å². The summed E-state index contributed by atoms with van der Waals surface area (Å²) in [7, 11) is -3.65. The minimum absolute atomic E-state index is 0. The first kappa shape index (κ1) is 25.7. The molecule has 0 aromatic heterocycles. The summed E-state index contributed by atoms with van der Waals surface area (Å²) in [6, 6.07) is 17.6. The molecule has 2 fully saturated rings. The molecule has 0 bridgehead atoms. The zero-order valence-corrected chi connectivity index (χ0v) is 21.4. The lowest BCUT2D eigenvalue weighted by atomic mass is 10.1. The van der Waals surface area contributed by atoms with Gasteiger partial charge in [0.2, 0.25) is 10.0 Å². The Morgan fingerprint density at radius 3 is 2.31 bits per heavy atom. The number of nitrogens with zero attached hydrogens (tertiary/aromatic N) is 2. The second-order valence-corrected chi connectivity index (χ2v) is 11.0. The molecule has 0 aliphatic carbocycles. The van der Waals surface area contributed by atoms with Gasteiger partial charge in [0, 0.05) is 43.3 Å². The zero-order chi connectivity index (χ0) is 23.7. The number of sulfonamides is 1. The van der Waals surface area contributed by atoms with Crippen LogP contribution in [0.2, 0.25) is 5.02 Å². The number of carbonyl (C=O) groups excluding carboxylic acids is 1. The van der Waals surface area contributed by atoms with E-state index in [1.54, 1.807) is 41.3 Å². The van der Waals surface area contributed by atoms with Gasteiger partial charge in [0.1, 0.15) is 11.9 Å². The Hall–Kier alpha value is -2.36. The number of hydrogen-bond donors (Lipinski definition) is 1. The highest BCUT2D eigenvalue weighted by atomic mass is 35.5. The van der Waals surface area contributed by atoms with Crippen molar-refractivity contribution in [3.8, 4) is 5.75 Å². The molecule has 0 saturated carbocycles. The SMILES string of the molecule is Cl.O=C(c1ccc(O[C@H]2CCNC2)cc1)N1CCN(S(=O)(=O)c2ccc3cc(Cl)ccc3c2)CC1. The molecule has 1 atom stereocenters. The number of halogens is 2. The summed E-state index contributed by atoms with van der Waals surface area (Å²) >= 11 is 6.03. The van der Waals surface area contributed by atoms with Crippen molar-refractivity contribution in [3.63, 3.8) is 0 Å². The molecular weight excluding hydrogens is 509 g/mol. The zero-order valence-electron chi connectivity index (χ0n) is 19.0. The second kappa shape index (κ2) is 10.7. The first-order valence-electron chi connectivity index (χ1n) is 11.4. The third-order valence-corrected chi connectivity index (χ3v) is 8.49. The van der Waals surface area contributed by atoms with Crippen LogP contribution in [-0.2, 0) is 10.0 Å². The summed E-state index contributed by atoms with van der Waals surface area (Å²) in [6.07, 6.45) is 1.14. The summed E-state index contributed by atoms with van der Waals surface area (Å²) < 4.78 is 33.8. The number of nitrogens with one attached hydrogen (secondary N) is 1. The van der Waals surface area contributed by atoms with Crippen molar-refractivity contribution in [3.05, 3.63) is 71.2 Å². The van der Waals surface area contributed by atoms with Crippen molar-refractivity contribution in [2.75, 3.05) is 39.3 Å².